The van der Waals surface area contributed by atoms with Crippen molar-refractivity contribution in [3.63, 3.8) is 0 Å². The normalized spacial score (nSPS) is 10.9. The quantitative estimate of drug-likeness (QED) is 0.337. The molecule has 4 rings (SSSR count). The van der Waals surface area contributed by atoms with Crippen molar-refractivity contribution in [2.24, 2.45) is 5.10 Å². The summed E-state index contributed by atoms with van der Waals surface area (Å²) in [5, 5.41) is 6.38. The van der Waals surface area contributed by atoms with Gasteiger partial charge in [0.25, 0.3) is 5.91 Å². The first-order chi connectivity index (χ1) is 15.2. The van der Waals surface area contributed by atoms with Crippen molar-refractivity contribution in [1.29, 1.82) is 0 Å². The standard InChI is InChI=1S/C26H22N2O3/c1-30-25-16-19(17-27-28-26(29)21-9-3-2-4-10-21)14-15-24(25)31-18-22-12-7-11-20-8-5-6-13-23(20)22/h2-17H,18H2,1H3,(H,28,29)/b27-17-. The Morgan fingerprint density at radius 3 is 2.52 bits per heavy atom. The summed E-state index contributed by atoms with van der Waals surface area (Å²) >= 11 is 0. The lowest BCUT2D eigenvalue weighted by Gasteiger charge is -2.12. The van der Waals surface area contributed by atoms with Crippen LogP contribution in [0.2, 0.25) is 0 Å². The molecule has 0 aliphatic carbocycles. The molecule has 154 valence electrons. The molecule has 1 amide bonds. The summed E-state index contributed by atoms with van der Waals surface area (Å²) < 4.78 is 11.5. The number of rotatable bonds is 7. The van der Waals surface area contributed by atoms with Gasteiger partial charge in [-0.3, -0.25) is 4.79 Å². The molecular weight excluding hydrogens is 388 g/mol. The van der Waals surface area contributed by atoms with Crippen LogP contribution in [0.25, 0.3) is 10.8 Å². The lowest BCUT2D eigenvalue weighted by atomic mass is 10.1. The Kier molecular flexibility index (Phi) is 6.24. The fourth-order valence-electron chi connectivity index (χ4n) is 3.28. The summed E-state index contributed by atoms with van der Waals surface area (Å²) in [6.45, 7) is 0.429. The van der Waals surface area contributed by atoms with Gasteiger partial charge >= 0.3 is 0 Å². The second-order valence-electron chi connectivity index (χ2n) is 6.90. The molecule has 0 atom stereocenters. The maximum absolute atomic E-state index is 12.1. The molecule has 4 aromatic rings. The second kappa shape index (κ2) is 9.59. The first-order valence-corrected chi connectivity index (χ1v) is 9.90. The number of nitrogens with zero attached hydrogens (tertiary/aromatic N) is 1. The number of methoxy groups -OCH3 is 1. The molecule has 0 bridgehead atoms. The Hall–Kier alpha value is -4.12. The summed E-state index contributed by atoms with van der Waals surface area (Å²) in [7, 11) is 1.60. The highest BCUT2D eigenvalue weighted by molar-refractivity contribution is 5.94. The molecule has 0 saturated heterocycles. The van der Waals surface area contributed by atoms with Gasteiger partial charge in [-0.1, -0.05) is 60.7 Å². The number of hydrazone groups is 1. The van der Waals surface area contributed by atoms with Gasteiger partial charge in [0, 0.05) is 5.56 Å². The fourth-order valence-corrected chi connectivity index (χ4v) is 3.28. The van der Waals surface area contributed by atoms with Gasteiger partial charge in [-0.15, -0.1) is 0 Å². The number of ether oxygens (including phenoxy) is 2. The number of fused-ring (bicyclic) bond motifs is 1. The van der Waals surface area contributed by atoms with Crippen LogP contribution in [0.3, 0.4) is 0 Å². The summed E-state index contributed by atoms with van der Waals surface area (Å²) in [6.07, 6.45) is 1.57. The van der Waals surface area contributed by atoms with Crippen molar-refractivity contribution in [2.75, 3.05) is 7.11 Å². The third-order valence-electron chi connectivity index (χ3n) is 4.87. The van der Waals surface area contributed by atoms with Crippen molar-refractivity contribution < 1.29 is 14.3 Å². The van der Waals surface area contributed by atoms with Crippen LogP contribution >= 0.6 is 0 Å². The number of carbonyl (C=O) groups is 1. The van der Waals surface area contributed by atoms with Crippen LogP contribution in [0.15, 0.2) is 96.1 Å². The molecule has 0 aliphatic heterocycles. The van der Waals surface area contributed by atoms with E-state index in [1.54, 1.807) is 37.6 Å². The Labute approximate surface area is 180 Å². The van der Waals surface area contributed by atoms with Crippen molar-refractivity contribution in [1.82, 2.24) is 5.43 Å². The first kappa shape index (κ1) is 20.2. The van der Waals surface area contributed by atoms with Crippen LogP contribution < -0.4 is 14.9 Å². The predicted octanol–water partition coefficient (Wildman–Crippen LogP) is 5.19. The van der Waals surface area contributed by atoms with Gasteiger partial charge in [-0.25, -0.2) is 5.43 Å². The van der Waals surface area contributed by atoms with Gasteiger partial charge in [0.05, 0.1) is 13.3 Å². The van der Waals surface area contributed by atoms with Crippen LogP contribution in [0, 0.1) is 0 Å². The van der Waals surface area contributed by atoms with E-state index in [9.17, 15) is 4.79 Å². The molecule has 0 heterocycles. The summed E-state index contributed by atoms with van der Waals surface area (Å²) in [6, 6.07) is 28.9. The average molecular weight is 410 g/mol. The van der Waals surface area contributed by atoms with E-state index in [1.807, 2.05) is 42.5 Å². The fraction of sp³-hybridized carbons (Fsp3) is 0.0769. The van der Waals surface area contributed by atoms with Crippen LogP contribution in [-0.4, -0.2) is 19.2 Å². The zero-order valence-electron chi connectivity index (χ0n) is 17.1. The van der Waals surface area contributed by atoms with E-state index in [1.165, 1.54) is 10.8 Å². The van der Waals surface area contributed by atoms with Gasteiger partial charge < -0.3 is 9.47 Å². The van der Waals surface area contributed by atoms with E-state index in [2.05, 4.69) is 34.8 Å². The van der Waals surface area contributed by atoms with Gasteiger partial charge in [0.15, 0.2) is 11.5 Å². The Morgan fingerprint density at radius 2 is 1.68 bits per heavy atom. The highest BCUT2D eigenvalue weighted by Gasteiger charge is 2.08. The van der Waals surface area contributed by atoms with Gasteiger partial charge in [-0.2, -0.15) is 5.10 Å². The Morgan fingerprint density at radius 1 is 0.903 bits per heavy atom. The second-order valence-corrected chi connectivity index (χ2v) is 6.90. The number of amides is 1. The van der Waals surface area contributed by atoms with E-state index in [0.29, 0.717) is 23.7 Å². The monoisotopic (exact) mass is 410 g/mol. The average Bonchev–Trinajstić information content (AvgIpc) is 2.83. The minimum absolute atomic E-state index is 0.265. The summed E-state index contributed by atoms with van der Waals surface area (Å²) in [4.78, 5) is 12.1. The van der Waals surface area contributed by atoms with Crippen molar-refractivity contribution >= 4 is 22.9 Å². The maximum atomic E-state index is 12.1. The van der Waals surface area contributed by atoms with E-state index in [0.717, 1.165) is 11.1 Å². The number of nitrogens with one attached hydrogen (secondary N) is 1. The predicted molar refractivity (Wildman–Crippen MR) is 123 cm³/mol. The van der Waals surface area contributed by atoms with E-state index in [-0.39, 0.29) is 5.91 Å². The van der Waals surface area contributed by atoms with Gasteiger partial charge in [0.1, 0.15) is 6.61 Å². The lowest BCUT2D eigenvalue weighted by molar-refractivity contribution is 0.0955. The third kappa shape index (κ3) is 4.90. The highest BCUT2D eigenvalue weighted by Crippen LogP contribution is 2.29. The molecule has 0 radical (unpaired) electrons. The van der Waals surface area contributed by atoms with Gasteiger partial charge in [0.2, 0.25) is 0 Å². The Bertz CT molecular complexity index is 1210. The van der Waals surface area contributed by atoms with Crippen molar-refractivity contribution in [3.8, 4) is 11.5 Å². The van der Waals surface area contributed by atoms with Crippen LogP contribution in [-0.2, 0) is 6.61 Å². The smallest absolute Gasteiger partial charge is 0.271 e. The molecule has 5 nitrogen and oxygen atoms in total. The van der Waals surface area contributed by atoms with E-state index in [4.69, 9.17) is 9.47 Å². The SMILES string of the molecule is COc1cc(/C=N\NC(=O)c2ccccc2)ccc1OCc1cccc2ccccc12. The van der Waals surface area contributed by atoms with Crippen LogP contribution in [0.1, 0.15) is 21.5 Å². The molecule has 0 saturated carbocycles. The minimum atomic E-state index is -0.265. The molecule has 0 aliphatic rings. The lowest BCUT2D eigenvalue weighted by Crippen LogP contribution is -2.17. The highest BCUT2D eigenvalue weighted by atomic mass is 16.5. The third-order valence-corrected chi connectivity index (χ3v) is 4.87. The Balaban J connectivity index is 1.43. The molecular formula is C26H22N2O3. The largest absolute Gasteiger partial charge is 0.493 e. The first-order valence-electron chi connectivity index (χ1n) is 9.90. The molecule has 31 heavy (non-hydrogen) atoms. The number of hydrogen-bond donors (Lipinski definition) is 1. The summed E-state index contributed by atoms with van der Waals surface area (Å²) in [5.74, 6) is 0.971. The molecule has 1 N–H and O–H groups in total. The molecule has 0 aromatic heterocycles. The molecule has 0 unspecified atom stereocenters. The zero-order valence-corrected chi connectivity index (χ0v) is 17.1. The summed E-state index contributed by atoms with van der Waals surface area (Å²) in [5.41, 5.74) is 4.96. The van der Waals surface area contributed by atoms with E-state index < -0.39 is 0 Å². The van der Waals surface area contributed by atoms with Crippen LogP contribution in [0.4, 0.5) is 0 Å². The zero-order chi connectivity index (χ0) is 21.5. The minimum Gasteiger partial charge on any atom is -0.493 e. The topological polar surface area (TPSA) is 59.9 Å². The molecule has 4 aromatic carbocycles. The molecule has 0 spiro atoms. The van der Waals surface area contributed by atoms with Crippen LogP contribution in [0.5, 0.6) is 11.5 Å². The molecule has 5 heteroatoms. The van der Waals surface area contributed by atoms with E-state index >= 15 is 0 Å². The maximum Gasteiger partial charge on any atom is 0.271 e. The molecule has 0 fully saturated rings. The van der Waals surface area contributed by atoms with Crippen molar-refractivity contribution in [2.45, 2.75) is 6.61 Å². The number of benzene rings is 4. The van der Waals surface area contributed by atoms with Gasteiger partial charge in [-0.05, 0) is 52.2 Å². The van der Waals surface area contributed by atoms with Crippen molar-refractivity contribution in [3.05, 3.63) is 108 Å². The number of carbonyl (C=O) groups excluding carboxylic acids is 1. The number of hydrogen-bond acceptors (Lipinski definition) is 4.